The standard InChI is InChI=1S/C18H22BrNO2/c1-10(2)14-13-9-11-5-3-7-20-8-4-6-12(16(11)20)17(13)22-18(21)15(14)19/h9-10,15,17H,3-8H2,1-2H3. The number of rotatable bonds is 1. The lowest BCUT2D eigenvalue weighted by Gasteiger charge is -2.45. The molecule has 1 aliphatic carbocycles. The first kappa shape index (κ1) is 14.6. The molecule has 0 N–H and O–H groups in total. The molecule has 3 aliphatic heterocycles. The van der Waals surface area contributed by atoms with Crippen molar-refractivity contribution in [1.82, 2.24) is 4.90 Å². The number of carbonyl (C=O) groups excluding carboxylic acids is 1. The van der Waals surface area contributed by atoms with Gasteiger partial charge in [0, 0.05) is 18.8 Å². The fourth-order valence-electron chi connectivity index (χ4n) is 4.40. The third-order valence-corrected chi connectivity index (χ3v) is 6.14. The van der Waals surface area contributed by atoms with Crippen LogP contribution >= 0.6 is 15.9 Å². The van der Waals surface area contributed by atoms with Gasteiger partial charge in [-0.25, -0.2) is 0 Å². The fourth-order valence-corrected chi connectivity index (χ4v) is 5.30. The molecule has 118 valence electrons. The van der Waals surface area contributed by atoms with Gasteiger partial charge >= 0.3 is 5.97 Å². The SMILES string of the molecule is CC(C)C1=C2C=C3CCCN4CCCC(=C34)C2OC(=O)C1Br. The van der Waals surface area contributed by atoms with Crippen LogP contribution in [0, 0.1) is 5.92 Å². The second kappa shape index (κ2) is 5.26. The van der Waals surface area contributed by atoms with Gasteiger partial charge in [0.25, 0.3) is 0 Å². The maximum Gasteiger partial charge on any atom is 0.324 e. The number of esters is 1. The normalized spacial score (nSPS) is 31.0. The molecule has 0 bridgehead atoms. The van der Waals surface area contributed by atoms with E-state index < -0.39 is 0 Å². The number of nitrogens with zero attached hydrogens (tertiary/aromatic N) is 1. The van der Waals surface area contributed by atoms with E-state index in [2.05, 4.69) is 40.8 Å². The van der Waals surface area contributed by atoms with Crippen molar-refractivity contribution in [1.29, 1.82) is 0 Å². The first-order valence-electron chi connectivity index (χ1n) is 8.35. The van der Waals surface area contributed by atoms with Crippen LogP contribution in [-0.4, -0.2) is 34.9 Å². The Morgan fingerprint density at radius 1 is 1.27 bits per heavy atom. The van der Waals surface area contributed by atoms with Crippen LogP contribution < -0.4 is 0 Å². The molecular formula is C18H22BrNO2. The Balaban J connectivity index is 1.91. The molecule has 4 heteroatoms. The number of halogens is 1. The fraction of sp³-hybridized carbons (Fsp3) is 0.611. The summed E-state index contributed by atoms with van der Waals surface area (Å²) in [6, 6.07) is 0. The predicted molar refractivity (Wildman–Crippen MR) is 89.6 cm³/mol. The molecule has 22 heavy (non-hydrogen) atoms. The summed E-state index contributed by atoms with van der Waals surface area (Å²) in [5.74, 6) is 0.215. The van der Waals surface area contributed by atoms with Crippen LogP contribution in [0.15, 0.2) is 34.1 Å². The van der Waals surface area contributed by atoms with Crippen molar-refractivity contribution in [3.05, 3.63) is 34.1 Å². The Morgan fingerprint density at radius 3 is 2.73 bits per heavy atom. The van der Waals surface area contributed by atoms with Crippen molar-refractivity contribution in [2.45, 2.75) is 50.5 Å². The van der Waals surface area contributed by atoms with Gasteiger partial charge in [-0.2, -0.15) is 0 Å². The van der Waals surface area contributed by atoms with E-state index in [0.717, 1.165) is 25.9 Å². The number of carbonyl (C=O) groups is 1. The van der Waals surface area contributed by atoms with Crippen molar-refractivity contribution in [3.8, 4) is 0 Å². The molecule has 4 rings (SSSR count). The third kappa shape index (κ3) is 2.03. The minimum atomic E-state index is -0.291. The van der Waals surface area contributed by atoms with E-state index in [1.54, 1.807) is 0 Å². The highest BCUT2D eigenvalue weighted by atomic mass is 79.9. The van der Waals surface area contributed by atoms with Gasteiger partial charge < -0.3 is 9.64 Å². The number of alkyl halides is 1. The molecule has 0 saturated carbocycles. The smallest absolute Gasteiger partial charge is 0.324 e. The summed E-state index contributed by atoms with van der Waals surface area (Å²) in [4.78, 5) is 14.5. The van der Waals surface area contributed by atoms with E-state index >= 15 is 0 Å². The van der Waals surface area contributed by atoms with Crippen LogP contribution in [0.4, 0.5) is 0 Å². The summed E-state index contributed by atoms with van der Waals surface area (Å²) in [5, 5.41) is 0. The molecule has 2 unspecified atom stereocenters. The molecule has 0 aromatic carbocycles. The Hall–Kier alpha value is -1.03. The number of fused-ring (bicyclic) bond motifs is 2. The van der Waals surface area contributed by atoms with Gasteiger partial charge in [0.2, 0.25) is 0 Å². The molecule has 1 fully saturated rings. The zero-order valence-electron chi connectivity index (χ0n) is 13.2. The minimum absolute atomic E-state index is 0.129. The summed E-state index contributed by atoms with van der Waals surface area (Å²) in [6.45, 7) is 6.63. The Morgan fingerprint density at radius 2 is 2.00 bits per heavy atom. The Kier molecular flexibility index (Phi) is 3.48. The van der Waals surface area contributed by atoms with Crippen molar-refractivity contribution >= 4 is 21.9 Å². The maximum atomic E-state index is 12.3. The van der Waals surface area contributed by atoms with Crippen LogP contribution in [0.1, 0.15) is 39.5 Å². The summed E-state index contributed by atoms with van der Waals surface area (Å²) in [6.07, 6.45) is 6.80. The molecule has 0 spiro atoms. The molecular weight excluding hydrogens is 342 g/mol. The van der Waals surface area contributed by atoms with Crippen molar-refractivity contribution in [2.24, 2.45) is 5.92 Å². The molecule has 0 amide bonds. The van der Waals surface area contributed by atoms with E-state index in [1.165, 1.54) is 40.8 Å². The third-order valence-electron chi connectivity index (χ3n) is 5.27. The van der Waals surface area contributed by atoms with Gasteiger partial charge in [0.05, 0.1) is 0 Å². The van der Waals surface area contributed by atoms with Gasteiger partial charge in [0.1, 0.15) is 4.83 Å². The highest BCUT2D eigenvalue weighted by Gasteiger charge is 2.43. The minimum Gasteiger partial charge on any atom is -0.452 e. The van der Waals surface area contributed by atoms with Gasteiger partial charge in [-0.05, 0) is 60.0 Å². The topological polar surface area (TPSA) is 29.5 Å². The zero-order chi connectivity index (χ0) is 15.4. The van der Waals surface area contributed by atoms with Gasteiger partial charge in [0.15, 0.2) is 6.10 Å². The van der Waals surface area contributed by atoms with E-state index in [1.807, 2.05) is 0 Å². The van der Waals surface area contributed by atoms with Gasteiger partial charge in [-0.1, -0.05) is 29.8 Å². The molecule has 0 aromatic rings. The first-order valence-corrected chi connectivity index (χ1v) is 9.27. The second-order valence-electron chi connectivity index (χ2n) is 6.98. The summed E-state index contributed by atoms with van der Waals surface area (Å²) in [7, 11) is 0. The first-order chi connectivity index (χ1) is 10.6. The van der Waals surface area contributed by atoms with Crippen molar-refractivity contribution in [2.75, 3.05) is 13.1 Å². The molecule has 2 atom stereocenters. The monoisotopic (exact) mass is 363 g/mol. The average Bonchev–Trinajstić information content (AvgIpc) is 2.49. The predicted octanol–water partition coefficient (Wildman–Crippen LogP) is 3.71. The van der Waals surface area contributed by atoms with Crippen LogP contribution in [0.5, 0.6) is 0 Å². The maximum absolute atomic E-state index is 12.3. The molecule has 0 aromatic heterocycles. The van der Waals surface area contributed by atoms with Crippen LogP contribution in [0.25, 0.3) is 0 Å². The van der Waals surface area contributed by atoms with Gasteiger partial charge in [-0.15, -0.1) is 0 Å². The highest BCUT2D eigenvalue weighted by molar-refractivity contribution is 9.10. The highest BCUT2D eigenvalue weighted by Crippen LogP contribution is 2.46. The average molecular weight is 364 g/mol. The van der Waals surface area contributed by atoms with E-state index in [-0.39, 0.29) is 16.9 Å². The number of allylic oxidation sites excluding steroid dienone is 1. The molecule has 3 nitrogen and oxygen atoms in total. The lowest BCUT2D eigenvalue weighted by molar-refractivity contribution is -0.145. The van der Waals surface area contributed by atoms with Gasteiger partial charge in [-0.3, -0.25) is 4.79 Å². The van der Waals surface area contributed by atoms with E-state index in [4.69, 9.17) is 4.74 Å². The molecule has 0 radical (unpaired) electrons. The largest absolute Gasteiger partial charge is 0.452 e. The lowest BCUT2D eigenvalue weighted by Crippen LogP contribution is -2.43. The van der Waals surface area contributed by atoms with E-state index in [0.29, 0.717) is 5.92 Å². The number of ether oxygens (including phenoxy) is 1. The van der Waals surface area contributed by atoms with E-state index in [9.17, 15) is 4.79 Å². The van der Waals surface area contributed by atoms with Crippen molar-refractivity contribution < 1.29 is 9.53 Å². The second-order valence-corrected chi connectivity index (χ2v) is 7.90. The summed E-state index contributed by atoms with van der Waals surface area (Å²) in [5.41, 5.74) is 6.67. The number of piperidine rings is 1. The quantitative estimate of drug-likeness (QED) is 0.525. The molecule has 4 aliphatic rings. The summed E-state index contributed by atoms with van der Waals surface area (Å²) >= 11 is 3.55. The number of hydrogen-bond acceptors (Lipinski definition) is 3. The number of hydrogen-bond donors (Lipinski definition) is 0. The van der Waals surface area contributed by atoms with Crippen LogP contribution in [-0.2, 0) is 9.53 Å². The lowest BCUT2D eigenvalue weighted by atomic mass is 9.76. The van der Waals surface area contributed by atoms with Crippen LogP contribution in [0.3, 0.4) is 0 Å². The van der Waals surface area contributed by atoms with Crippen molar-refractivity contribution in [3.63, 3.8) is 0 Å². The molecule has 1 saturated heterocycles. The Bertz CT molecular complexity index is 629. The van der Waals surface area contributed by atoms with Crippen LogP contribution in [0.2, 0.25) is 0 Å². The molecule has 3 heterocycles. The Labute approximate surface area is 140 Å². The summed E-state index contributed by atoms with van der Waals surface area (Å²) < 4.78 is 5.84. The zero-order valence-corrected chi connectivity index (χ0v) is 14.8.